The highest BCUT2D eigenvalue weighted by Crippen LogP contribution is 2.24. The van der Waals surface area contributed by atoms with Crippen molar-refractivity contribution in [1.29, 1.82) is 0 Å². The smallest absolute Gasteiger partial charge is 0.264 e. The third kappa shape index (κ3) is 6.82. The van der Waals surface area contributed by atoms with Crippen molar-refractivity contribution in [2.75, 3.05) is 17.4 Å². The Labute approximate surface area is 173 Å². The SMILES string of the molecule is Cc1ccc(S(=O)(=O)N(CCC(=O)NCCC(C)N)c2ccccc2)cc1.Cl. The Kier molecular flexibility index (Phi) is 9.45. The molecule has 0 aromatic heterocycles. The van der Waals surface area contributed by atoms with Crippen LogP contribution in [-0.4, -0.2) is 33.5 Å². The molecular formula is C20H28ClN3O3S. The molecule has 8 heteroatoms. The van der Waals surface area contributed by atoms with Crippen LogP contribution in [0.25, 0.3) is 0 Å². The minimum atomic E-state index is -3.77. The highest BCUT2D eigenvalue weighted by atomic mass is 35.5. The summed E-state index contributed by atoms with van der Waals surface area (Å²) in [5, 5.41) is 2.78. The Morgan fingerprint density at radius 3 is 2.29 bits per heavy atom. The molecule has 154 valence electrons. The van der Waals surface area contributed by atoms with Gasteiger partial charge in [-0.25, -0.2) is 8.42 Å². The lowest BCUT2D eigenvalue weighted by atomic mass is 10.2. The zero-order chi connectivity index (χ0) is 19.9. The number of benzene rings is 2. The molecule has 0 aliphatic heterocycles. The quantitative estimate of drug-likeness (QED) is 0.646. The topological polar surface area (TPSA) is 92.5 Å². The van der Waals surface area contributed by atoms with Crippen LogP contribution in [-0.2, 0) is 14.8 Å². The highest BCUT2D eigenvalue weighted by Gasteiger charge is 2.25. The maximum Gasteiger partial charge on any atom is 0.264 e. The summed E-state index contributed by atoms with van der Waals surface area (Å²) in [7, 11) is -3.77. The zero-order valence-electron chi connectivity index (χ0n) is 16.2. The summed E-state index contributed by atoms with van der Waals surface area (Å²) in [5.41, 5.74) is 7.18. The number of hydrogen-bond donors (Lipinski definition) is 2. The Hall–Kier alpha value is -2.09. The Morgan fingerprint density at radius 2 is 1.71 bits per heavy atom. The molecule has 0 fully saturated rings. The molecule has 0 heterocycles. The van der Waals surface area contributed by atoms with Gasteiger partial charge < -0.3 is 11.1 Å². The number of sulfonamides is 1. The fourth-order valence-electron chi connectivity index (χ4n) is 2.55. The molecule has 0 saturated carbocycles. The summed E-state index contributed by atoms with van der Waals surface area (Å²) in [6.45, 7) is 4.31. The number of nitrogens with zero attached hydrogens (tertiary/aromatic N) is 1. The van der Waals surface area contributed by atoms with Crippen molar-refractivity contribution >= 4 is 34.0 Å². The van der Waals surface area contributed by atoms with Gasteiger partial charge in [0.2, 0.25) is 5.91 Å². The van der Waals surface area contributed by atoms with Crippen LogP contribution >= 0.6 is 12.4 Å². The fourth-order valence-corrected chi connectivity index (χ4v) is 4.02. The Balaban J connectivity index is 0.00000392. The maximum atomic E-state index is 13.1. The third-order valence-electron chi connectivity index (χ3n) is 4.12. The molecule has 0 saturated heterocycles. The molecule has 28 heavy (non-hydrogen) atoms. The lowest BCUT2D eigenvalue weighted by molar-refractivity contribution is -0.120. The van der Waals surface area contributed by atoms with Gasteiger partial charge in [0.1, 0.15) is 0 Å². The first-order chi connectivity index (χ1) is 12.8. The van der Waals surface area contributed by atoms with E-state index in [0.29, 0.717) is 18.7 Å². The van der Waals surface area contributed by atoms with Crippen molar-refractivity contribution in [3.63, 3.8) is 0 Å². The number of carbonyl (C=O) groups is 1. The van der Waals surface area contributed by atoms with E-state index in [1.54, 1.807) is 48.5 Å². The Morgan fingerprint density at radius 1 is 1.11 bits per heavy atom. The predicted octanol–water partition coefficient (Wildman–Crippen LogP) is 2.86. The van der Waals surface area contributed by atoms with Crippen LogP contribution in [0.15, 0.2) is 59.5 Å². The van der Waals surface area contributed by atoms with Gasteiger partial charge in [0.25, 0.3) is 10.0 Å². The van der Waals surface area contributed by atoms with Crippen molar-refractivity contribution in [3.05, 3.63) is 60.2 Å². The average molecular weight is 426 g/mol. The number of nitrogens with two attached hydrogens (primary N) is 1. The van der Waals surface area contributed by atoms with Crippen molar-refractivity contribution in [3.8, 4) is 0 Å². The van der Waals surface area contributed by atoms with E-state index < -0.39 is 10.0 Å². The average Bonchev–Trinajstić information content (AvgIpc) is 2.62. The normalized spacial score (nSPS) is 12.0. The molecule has 2 aromatic rings. The number of anilines is 1. The molecule has 1 amide bonds. The number of halogens is 1. The van der Waals surface area contributed by atoms with E-state index in [1.165, 1.54) is 4.31 Å². The van der Waals surface area contributed by atoms with E-state index in [1.807, 2.05) is 19.9 Å². The van der Waals surface area contributed by atoms with Gasteiger partial charge in [-0.3, -0.25) is 9.10 Å². The molecule has 6 nitrogen and oxygen atoms in total. The number of carbonyl (C=O) groups excluding carboxylic acids is 1. The minimum Gasteiger partial charge on any atom is -0.356 e. The number of rotatable bonds is 9. The summed E-state index contributed by atoms with van der Waals surface area (Å²) in [5.74, 6) is -0.198. The monoisotopic (exact) mass is 425 g/mol. The van der Waals surface area contributed by atoms with Gasteiger partial charge in [-0.15, -0.1) is 12.4 Å². The number of aryl methyl sites for hydroxylation is 1. The van der Waals surface area contributed by atoms with Crippen LogP contribution in [0.5, 0.6) is 0 Å². The van der Waals surface area contributed by atoms with Crippen molar-refractivity contribution in [1.82, 2.24) is 5.32 Å². The lowest BCUT2D eigenvalue weighted by Gasteiger charge is -2.24. The molecule has 0 radical (unpaired) electrons. The Bertz CT molecular complexity index is 841. The lowest BCUT2D eigenvalue weighted by Crippen LogP contribution is -2.36. The van der Waals surface area contributed by atoms with Crippen LogP contribution < -0.4 is 15.4 Å². The number of para-hydroxylation sites is 1. The van der Waals surface area contributed by atoms with Gasteiger partial charge in [0.05, 0.1) is 10.6 Å². The van der Waals surface area contributed by atoms with Crippen LogP contribution in [0.2, 0.25) is 0 Å². The molecule has 3 N–H and O–H groups in total. The molecule has 2 aromatic carbocycles. The standard InChI is InChI=1S/C20H27N3O3S.ClH/c1-16-8-10-19(11-9-16)27(25,26)23(18-6-4-3-5-7-18)15-13-20(24)22-14-12-17(2)21;/h3-11,17H,12-15,21H2,1-2H3,(H,22,24);1H. The van der Waals surface area contributed by atoms with Crippen molar-refractivity contribution < 1.29 is 13.2 Å². The summed E-state index contributed by atoms with van der Waals surface area (Å²) >= 11 is 0. The van der Waals surface area contributed by atoms with E-state index in [0.717, 1.165) is 5.56 Å². The van der Waals surface area contributed by atoms with Crippen molar-refractivity contribution in [2.45, 2.75) is 37.6 Å². The number of hydrogen-bond acceptors (Lipinski definition) is 4. The number of nitrogens with one attached hydrogen (secondary N) is 1. The molecule has 2 rings (SSSR count). The zero-order valence-corrected chi connectivity index (χ0v) is 17.8. The van der Waals surface area contributed by atoms with Crippen LogP contribution in [0.3, 0.4) is 0 Å². The minimum absolute atomic E-state index is 0. The summed E-state index contributed by atoms with van der Waals surface area (Å²) < 4.78 is 27.6. The molecule has 1 unspecified atom stereocenters. The number of amides is 1. The van der Waals surface area contributed by atoms with E-state index in [9.17, 15) is 13.2 Å². The van der Waals surface area contributed by atoms with E-state index >= 15 is 0 Å². The molecule has 0 spiro atoms. The molecule has 0 aliphatic rings. The van der Waals surface area contributed by atoms with E-state index in [4.69, 9.17) is 5.73 Å². The van der Waals surface area contributed by atoms with Gasteiger partial charge in [0.15, 0.2) is 0 Å². The molecular weight excluding hydrogens is 398 g/mol. The first-order valence-electron chi connectivity index (χ1n) is 8.97. The summed E-state index contributed by atoms with van der Waals surface area (Å²) in [4.78, 5) is 12.3. The molecule has 0 bridgehead atoms. The van der Waals surface area contributed by atoms with Crippen LogP contribution in [0.4, 0.5) is 5.69 Å². The second-order valence-electron chi connectivity index (χ2n) is 6.59. The van der Waals surface area contributed by atoms with E-state index in [-0.39, 0.29) is 42.2 Å². The second-order valence-corrected chi connectivity index (χ2v) is 8.45. The van der Waals surface area contributed by atoms with Gasteiger partial charge >= 0.3 is 0 Å². The molecule has 0 aliphatic carbocycles. The van der Waals surface area contributed by atoms with Crippen molar-refractivity contribution in [2.24, 2.45) is 5.73 Å². The first-order valence-corrected chi connectivity index (χ1v) is 10.4. The largest absolute Gasteiger partial charge is 0.356 e. The second kappa shape index (κ2) is 11.0. The predicted molar refractivity (Wildman–Crippen MR) is 115 cm³/mol. The first kappa shape index (κ1) is 23.9. The highest BCUT2D eigenvalue weighted by molar-refractivity contribution is 7.92. The summed E-state index contributed by atoms with van der Waals surface area (Å²) in [6, 6.07) is 15.5. The third-order valence-corrected chi connectivity index (χ3v) is 5.96. The fraction of sp³-hybridized carbons (Fsp3) is 0.350. The summed E-state index contributed by atoms with van der Waals surface area (Å²) in [6.07, 6.45) is 0.745. The maximum absolute atomic E-state index is 13.1. The van der Waals surface area contributed by atoms with Gasteiger partial charge in [-0.05, 0) is 44.5 Å². The van der Waals surface area contributed by atoms with Gasteiger partial charge in [-0.2, -0.15) is 0 Å². The van der Waals surface area contributed by atoms with E-state index in [2.05, 4.69) is 5.32 Å². The van der Waals surface area contributed by atoms with Gasteiger partial charge in [-0.1, -0.05) is 35.9 Å². The van der Waals surface area contributed by atoms with Crippen LogP contribution in [0.1, 0.15) is 25.3 Å². The molecule has 1 atom stereocenters. The van der Waals surface area contributed by atoms with Gasteiger partial charge in [0, 0.05) is 25.6 Å². The van der Waals surface area contributed by atoms with Crippen LogP contribution in [0, 0.1) is 6.92 Å².